The highest BCUT2D eigenvalue weighted by molar-refractivity contribution is 5.84. The molecule has 3 rings (SSSR count). The predicted octanol–water partition coefficient (Wildman–Crippen LogP) is 2.84. The van der Waals surface area contributed by atoms with E-state index < -0.39 is 5.79 Å². The summed E-state index contributed by atoms with van der Waals surface area (Å²) in [5.41, 5.74) is 5.46. The van der Waals surface area contributed by atoms with E-state index in [4.69, 9.17) is 9.47 Å². The molecule has 7 heteroatoms. The van der Waals surface area contributed by atoms with Crippen molar-refractivity contribution in [3.63, 3.8) is 0 Å². The van der Waals surface area contributed by atoms with E-state index in [1.165, 1.54) is 6.07 Å². The van der Waals surface area contributed by atoms with Crippen molar-refractivity contribution in [3.8, 4) is 5.69 Å². The van der Waals surface area contributed by atoms with E-state index in [1.807, 2.05) is 24.5 Å². The lowest BCUT2D eigenvalue weighted by Gasteiger charge is -2.20. The number of nitrogens with zero attached hydrogens (tertiary/aromatic N) is 2. The number of aryl methyl sites for hydroxylation is 1. The maximum absolute atomic E-state index is 14.1. The quantitative estimate of drug-likeness (QED) is 0.659. The lowest BCUT2D eigenvalue weighted by molar-refractivity contribution is -0.159. The maximum Gasteiger partial charge on any atom is 0.245 e. The third-order valence-corrected chi connectivity index (χ3v) is 4.34. The highest BCUT2D eigenvalue weighted by Crippen LogP contribution is 2.23. The molecule has 1 fully saturated rings. The molecule has 138 valence electrons. The fourth-order valence-electron chi connectivity index (χ4n) is 3.09. The van der Waals surface area contributed by atoms with Gasteiger partial charge in [0.25, 0.3) is 0 Å². The van der Waals surface area contributed by atoms with E-state index in [9.17, 15) is 9.18 Å². The summed E-state index contributed by atoms with van der Waals surface area (Å²) in [5.74, 6) is -1.48. The molecule has 1 aliphatic heterocycles. The molecule has 1 aliphatic rings. The van der Waals surface area contributed by atoms with E-state index in [2.05, 4.69) is 10.5 Å². The van der Waals surface area contributed by atoms with E-state index in [0.29, 0.717) is 18.9 Å². The molecule has 0 atom stereocenters. The SMILES string of the molecule is Cc1cc(/C=N\NC(=O)CC2(C)OCCO2)c(C)n1-c1ccccc1F. The van der Waals surface area contributed by atoms with Gasteiger partial charge in [0.05, 0.1) is 31.5 Å². The summed E-state index contributed by atoms with van der Waals surface area (Å²) in [4.78, 5) is 12.0. The van der Waals surface area contributed by atoms with Gasteiger partial charge >= 0.3 is 0 Å². The topological polar surface area (TPSA) is 64.8 Å². The van der Waals surface area contributed by atoms with Gasteiger partial charge in [-0.05, 0) is 39.0 Å². The summed E-state index contributed by atoms with van der Waals surface area (Å²) in [6.07, 6.45) is 1.62. The number of amides is 1. The number of ether oxygens (including phenoxy) is 2. The van der Waals surface area contributed by atoms with E-state index in [1.54, 1.807) is 31.3 Å². The average molecular weight is 359 g/mol. The third-order valence-electron chi connectivity index (χ3n) is 4.34. The van der Waals surface area contributed by atoms with Crippen molar-refractivity contribution in [2.75, 3.05) is 13.2 Å². The molecule has 0 bridgehead atoms. The largest absolute Gasteiger partial charge is 0.347 e. The van der Waals surface area contributed by atoms with Crippen molar-refractivity contribution in [2.24, 2.45) is 5.10 Å². The zero-order chi connectivity index (χ0) is 18.7. The summed E-state index contributed by atoms with van der Waals surface area (Å²) in [5, 5.41) is 4.00. The van der Waals surface area contributed by atoms with Gasteiger partial charge in [-0.2, -0.15) is 5.10 Å². The minimum atomic E-state index is -0.889. The number of hydrogen-bond donors (Lipinski definition) is 1. The Morgan fingerprint density at radius 2 is 2.04 bits per heavy atom. The highest BCUT2D eigenvalue weighted by atomic mass is 19.1. The number of para-hydroxylation sites is 1. The van der Waals surface area contributed by atoms with Crippen LogP contribution < -0.4 is 5.43 Å². The van der Waals surface area contributed by atoms with Crippen molar-refractivity contribution in [3.05, 3.63) is 53.1 Å². The zero-order valence-electron chi connectivity index (χ0n) is 15.1. The number of rotatable bonds is 5. The van der Waals surface area contributed by atoms with Gasteiger partial charge in [0.1, 0.15) is 5.82 Å². The average Bonchev–Trinajstić information content (AvgIpc) is 3.12. The Balaban J connectivity index is 1.71. The van der Waals surface area contributed by atoms with Crippen LogP contribution in [-0.4, -0.2) is 35.7 Å². The molecule has 0 aliphatic carbocycles. The van der Waals surface area contributed by atoms with Gasteiger partial charge in [-0.3, -0.25) is 4.79 Å². The molecule has 0 spiro atoms. The lowest BCUT2D eigenvalue weighted by atomic mass is 10.2. The molecule has 0 saturated carbocycles. The molecule has 2 heterocycles. The molecule has 0 unspecified atom stereocenters. The highest BCUT2D eigenvalue weighted by Gasteiger charge is 2.33. The zero-order valence-corrected chi connectivity index (χ0v) is 15.1. The molecule has 6 nitrogen and oxygen atoms in total. The van der Waals surface area contributed by atoms with Crippen LogP contribution in [0.2, 0.25) is 0 Å². The van der Waals surface area contributed by atoms with Crippen LogP contribution >= 0.6 is 0 Å². The van der Waals surface area contributed by atoms with E-state index >= 15 is 0 Å². The Kier molecular flexibility index (Phi) is 5.20. The summed E-state index contributed by atoms with van der Waals surface area (Å²) in [6.45, 7) is 6.46. The van der Waals surface area contributed by atoms with Gasteiger partial charge in [-0.1, -0.05) is 12.1 Å². The number of hydrazone groups is 1. The van der Waals surface area contributed by atoms with Gasteiger partial charge in [0, 0.05) is 17.0 Å². The molecule has 1 N–H and O–H groups in total. The van der Waals surface area contributed by atoms with E-state index in [-0.39, 0.29) is 18.1 Å². The van der Waals surface area contributed by atoms with Crippen LogP contribution in [0.1, 0.15) is 30.3 Å². The second-order valence-corrected chi connectivity index (χ2v) is 6.41. The molecular formula is C19H22FN3O3. The monoisotopic (exact) mass is 359 g/mol. The first-order valence-electron chi connectivity index (χ1n) is 8.43. The van der Waals surface area contributed by atoms with Gasteiger partial charge in [-0.25, -0.2) is 9.82 Å². The van der Waals surface area contributed by atoms with E-state index in [0.717, 1.165) is 17.0 Å². The number of hydrogen-bond acceptors (Lipinski definition) is 4. The fourth-order valence-corrected chi connectivity index (χ4v) is 3.09. The number of halogens is 1. The van der Waals surface area contributed by atoms with Crippen molar-refractivity contribution in [1.82, 2.24) is 9.99 Å². The first kappa shape index (κ1) is 18.3. The van der Waals surface area contributed by atoms with Gasteiger partial charge in [0.15, 0.2) is 5.79 Å². The number of carbonyl (C=O) groups excluding carboxylic acids is 1. The molecule has 1 saturated heterocycles. The molecule has 2 aromatic rings. The second-order valence-electron chi connectivity index (χ2n) is 6.41. The van der Waals surface area contributed by atoms with Crippen LogP contribution in [0, 0.1) is 19.7 Å². The van der Waals surface area contributed by atoms with Gasteiger partial charge in [0.2, 0.25) is 5.91 Å². The standard InChI is InChI=1S/C19H22FN3O3/c1-13-10-15(14(2)23(13)17-7-5-4-6-16(17)20)12-21-22-18(24)11-19(3)25-8-9-26-19/h4-7,10,12H,8-9,11H2,1-3H3,(H,22,24)/b21-12-. The number of benzene rings is 1. The van der Waals surface area contributed by atoms with Crippen LogP contribution in [0.3, 0.4) is 0 Å². The number of aromatic nitrogens is 1. The first-order valence-corrected chi connectivity index (χ1v) is 8.43. The Hall–Kier alpha value is -2.51. The third kappa shape index (κ3) is 3.84. The normalized spacial score (nSPS) is 16.3. The fraction of sp³-hybridized carbons (Fsp3) is 0.368. The van der Waals surface area contributed by atoms with Crippen LogP contribution in [0.5, 0.6) is 0 Å². The van der Waals surface area contributed by atoms with Crippen molar-refractivity contribution >= 4 is 12.1 Å². The van der Waals surface area contributed by atoms with Crippen LogP contribution in [-0.2, 0) is 14.3 Å². The Morgan fingerprint density at radius 1 is 1.35 bits per heavy atom. The Morgan fingerprint density at radius 3 is 2.73 bits per heavy atom. The molecule has 1 aromatic heterocycles. The number of carbonyl (C=O) groups is 1. The van der Waals surface area contributed by atoms with Crippen molar-refractivity contribution < 1.29 is 18.7 Å². The number of nitrogens with one attached hydrogen (secondary N) is 1. The Bertz CT molecular complexity index is 839. The maximum atomic E-state index is 14.1. The Labute approximate surface area is 151 Å². The summed E-state index contributed by atoms with van der Waals surface area (Å²) in [7, 11) is 0. The minimum Gasteiger partial charge on any atom is -0.347 e. The van der Waals surface area contributed by atoms with Gasteiger partial charge in [-0.15, -0.1) is 0 Å². The minimum absolute atomic E-state index is 0.0680. The predicted molar refractivity (Wildman–Crippen MR) is 95.9 cm³/mol. The molecule has 1 aromatic carbocycles. The summed E-state index contributed by atoms with van der Waals surface area (Å²) >= 11 is 0. The van der Waals surface area contributed by atoms with Crippen LogP contribution in [0.15, 0.2) is 35.4 Å². The van der Waals surface area contributed by atoms with Crippen molar-refractivity contribution in [2.45, 2.75) is 33.0 Å². The first-order chi connectivity index (χ1) is 12.4. The van der Waals surface area contributed by atoms with Gasteiger partial charge < -0.3 is 14.0 Å². The van der Waals surface area contributed by atoms with Crippen molar-refractivity contribution in [1.29, 1.82) is 0 Å². The smallest absolute Gasteiger partial charge is 0.245 e. The lowest BCUT2D eigenvalue weighted by Crippen LogP contribution is -2.33. The van der Waals surface area contributed by atoms with Crippen LogP contribution in [0.25, 0.3) is 5.69 Å². The molecule has 1 amide bonds. The molecule has 26 heavy (non-hydrogen) atoms. The second kappa shape index (κ2) is 7.39. The summed E-state index contributed by atoms with van der Waals surface area (Å²) in [6, 6.07) is 8.49. The van der Waals surface area contributed by atoms with Crippen LogP contribution in [0.4, 0.5) is 4.39 Å². The molecule has 0 radical (unpaired) electrons. The molecular weight excluding hydrogens is 337 g/mol. The summed E-state index contributed by atoms with van der Waals surface area (Å²) < 4.78 is 26.7.